The van der Waals surface area contributed by atoms with Gasteiger partial charge in [0.05, 0.1) is 12.1 Å². The number of aromatic nitrogens is 2. The van der Waals surface area contributed by atoms with Crippen molar-refractivity contribution in [2.24, 2.45) is 0 Å². The number of rotatable bonds is 3. The first-order valence-corrected chi connectivity index (χ1v) is 4.50. The molecule has 3 N–H and O–H groups in total. The van der Waals surface area contributed by atoms with E-state index in [0.717, 1.165) is 18.5 Å². The molecule has 0 amide bonds. The molecule has 0 radical (unpaired) electrons. The molecule has 14 heavy (non-hydrogen) atoms. The van der Waals surface area contributed by atoms with Crippen molar-refractivity contribution in [1.29, 1.82) is 0 Å². The lowest BCUT2D eigenvalue weighted by atomic mass is 10.1. The molecule has 1 aliphatic rings. The quantitative estimate of drug-likeness (QED) is 0.732. The Labute approximate surface area is 81.0 Å². The van der Waals surface area contributed by atoms with Gasteiger partial charge in [-0.05, 0) is 12.8 Å². The van der Waals surface area contributed by atoms with Crippen molar-refractivity contribution in [1.82, 2.24) is 9.97 Å². The molecule has 1 fully saturated rings. The van der Waals surface area contributed by atoms with E-state index in [1.54, 1.807) is 0 Å². The van der Waals surface area contributed by atoms with E-state index in [1.165, 1.54) is 6.20 Å². The number of carboxylic acids is 1. The van der Waals surface area contributed by atoms with Crippen LogP contribution in [0.4, 0.5) is 5.95 Å². The lowest BCUT2D eigenvalue weighted by Gasteiger charge is -2.05. The molecular formula is C9H11N3O2. The van der Waals surface area contributed by atoms with Crippen molar-refractivity contribution in [2.75, 3.05) is 5.73 Å². The van der Waals surface area contributed by atoms with Crippen LogP contribution in [0, 0.1) is 0 Å². The highest BCUT2D eigenvalue weighted by molar-refractivity contribution is 5.70. The van der Waals surface area contributed by atoms with Crippen molar-refractivity contribution < 1.29 is 9.90 Å². The molecule has 0 spiro atoms. The molecule has 0 saturated heterocycles. The molecule has 1 saturated carbocycles. The van der Waals surface area contributed by atoms with Crippen LogP contribution < -0.4 is 5.73 Å². The number of nitrogen functional groups attached to an aromatic ring is 1. The van der Waals surface area contributed by atoms with Crippen molar-refractivity contribution in [3.05, 3.63) is 17.5 Å². The summed E-state index contributed by atoms with van der Waals surface area (Å²) in [5, 5.41) is 8.68. The first-order chi connectivity index (χ1) is 6.66. The van der Waals surface area contributed by atoms with Crippen LogP contribution >= 0.6 is 0 Å². The van der Waals surface area contributed by atoms with E-state index >= 15 is 0 Å². The first kappa shape index (κ1) is 8.93. The van der Waals surface area contributed by atoms with Gasteiger partial charge < -0.3 is 10.8 Å². The Morgan fingerprint density at radius 1 is 1.64 bits per heavy atom. The second-order valence-electron chi connectivity index (χ2n) is 3.48. The van der Waals surface area contributed by atoms with Crippen molar-refractivity contribution in [2.45, 2.75) is 25.2 Å². The zero-order valence-corrected chi connectivity index (χ0v) is 7.60. The maximum absolute atomic E-state index is 10.6. The first-order valence-electron chi connectivity index (χ1n) is 4.50. The fraction of sp³-hybridized carbons (Fsp3) is 0.444. The summed E-state index contributed by atoms with van der Waals surface area (Å²) in [4.78, 5) is 18.5. The molecule has 1 aromatic heterocycles. The van der Waals surface area contributed by atoms with Crippen LogP contribution in [0.25, 0.3) is 0 Å². The predicted molar refractivity (Wildman–Crippen MR) is 49.8 cm³/mol. The molecular weight excluding hydrogens is 182 g/mol. The fourth-order valence-electron chi connectivity index (χ4n) is 1.44. The maximum atomic E-state index is 10.6. The highest BCUT2D eigenvalue weighted by Gasteiger charge is 2.28. The van der Waals surface area contributed by atoms with E-state index in [2.05, 4.69) is 9.97 Å². The third kappa shape index (κ3) is 1.81. The van der Waals surface area contributed by atoms with Gasteiger partial charge in [0, 0.05) is 17.7 Å². The normalized spacial score (nSPS) is 15.4. The van der Waals surface area contributed by atoms with Gasteiger partial charge in [-0.25, -0.2) is 9.97 Å². The molecule has 0 unspecified atom stereocenters. The topological polar surface area (TPSA) is 89.1 Å². The lowest BCUT2D eigenvalue weighted by Crippen LogP contribution is -2.07. The predicted octanol–water partition coefficient (Wildman–Crippen LogP) is 0.563. The van der Waals surface area contributed by atoms with Gasteiger partial charge in [-0.1, -0.05) is 0 Å². The average Bonchev–Trinajstić information content (AvgIpc) is 2.90. The molecule has 1 heterocycles. The van der Waals surface area contributed by atoms with Gasteiger partial charge in [0.25, 0.3) is 0 Å². The number of nitrogens with two attached hydrogens (primary N) is 1. The standard InChI is InChI=1S/C9H11N3O2/c10-9-11-4-6(3-7(13)14)8(12-9)5-1-2-5/h4-5H,1-3H2,(H,13,14)(H2,10,11,12). The third-order valence-corrected chi connectivity index (χ3v) is 2.22. The smallest absolute Gasteiger partial charge is 0.307 e. The summed E-state index contributed by atoms with van der Waals surface area (Å²) in [5.74, 6) is -0.240. The summed E-state index contributed by atoms with van der Waals surface area (Å²) in [7, 11) is 0. The van der Waals surface area contributed by atoms with Crippen molar-refractivity contribution in [3.63, 3.8) is 0 Å². The Morgan fingerprint density at radius 2 is 2.36 bits per heavy atom. The van der Waals surface area contributed by atoms with Crippen LogP contribution in [-0.4, -0.2) is 21.0 Å². The van der Waals surface area contributed by atoms with Crippen LogP contribution in [-0.2, 0) is 11.2 Å². The second kappa shape index (κ2) is 3.25. The minimum absolute atomic E-state index is 0.0217. The Morgan fingerprint density at radius 3 is 2.93 bits per heavy atom. The summed E-state index contributed by atoms with van der Waals surface area (Å²) in [6.45, 7) is 0. The molecule has 5 heteroatoms. The molecule has 2 rings (SSSR count). The highest BCUT2D eigenvalue weighted by Crippen LogP contribution is 2.40. The number of carbonyl (C=O) groups is 1. The van der Waals surface area contributed by atoms with E-state index in [4.69, 9.17) is 10.8 Å². The molecule has 5 nitrogen and oxygen atoms in total. The van der Waals surface area contributed by atoms with Gasteiger partial charge in [-0.2, -0.15) is 0 Å². The number of hydrogen-bond donors (Lipinski definition) is 2. The minimum atomic E-state index is -0.861. The van der Waals surface area contributed by atoms with E-state index < -0.39 is 5.97 Å². The molecule has 1 aromatic rings. The molecule has 0 aliphatic heterocycles. The van der Waals surface area contributed by atoms with Gasteiger partial charge in [0.15, 0.2) is 0 Å². The van der Waals surface area contributed by atoms with Gasteiger partial charge in [0.2, 0.25) is 5.95 Å². The Balaban J connectivity index is 2.32. The molecule has 0 bridgehead atoms. The fourth-order valence-corrected chi connectivity index (χ4v) is 1.44. The van der Waals surface area contributed by atoms with E-state index in [9.17, 15) is 4.79 Å². The monoisotopic (exact) mass is 193 g/mol. The summed E-state index contributed by atoms with van der Waals surface area (Å²) < 4.78 is 0. The number of anilines is 1. The Kier molecular flexibility index (Phi) is 2.07. The second-order valence-corrected chi connectivity index (χ2v) is 3.48. The summed E-state index contributed by atoms with van der Waals surface area (Å²) in [6, 6.07) is 0. The van der Waals surface area contributed by atoms with E-state index in [1.807, 2.05) is 0 Å². The van der Waals surface area contributed by atoms with E-state index in [-0.39, 0.29) is 12.4 Å². The van der Waals surface area contributed by atoms with Crippen molar-refractivity contribution in [3.8, 4) is 0 Å². The zero-order valence-electron chi connectivity index (χ0n) is 7.60. The highest BCUT2D eigenvalue weighted by atomic mass is 16.4. The van der Waals surface area contributed by atoms with Gasteiger partial charge in [-0.15, -0.1) is 0 Å². The number of carboxylic acid groups (broad SMARTS) is 1. The summed E-state index contributed by atoms with van der Waals surface area (Å²) in [6.07, 6.45) is 3.64. The van der Waals surface area contributed by atoms with Crippen molar-refractivity contribution >= 4 is 11.9 Å². The van der Waals surface area contributed by atoms with Gasteiger partial charge >= 0.3 is 5.97 Å². The van der Waals surface area contributed by atoms with E-state index in [0.29, 0.717) is 11.5 Å². The Hall–Kier alpha value is -1.65. The number of hydrogen-bond acceptors (Lipinski definition) is 4. The summed E-state index contributed by atoms with van der Waals surface area (Å²) in [5.41, 5.74) is 6.96. The van der Waals surface area contributed by atoms with Crippen LogP contribution in [0.1, 0.15) is 30.0 Å². The minimum Gasteiger partial charge on any atom is -0.481 e. The van der Waals surface area contributed by atoms with Crippen LogP contribution in [0.15, 0.2) is 6.20 Å². The lowest BCUT2D eigenvalue weighted by molar-refractivity contribution is -0.136. The molecule has 0 aromatic carbocycles. The van der Waals surface area contributed by atoms with Crippen LogP contribution in [0.5, 0.6) is 0 Å². The van der Waals surface area contributed by atoms with Gasteiger partial charge in [0.1, 0.15) is 0 Å². The maximum Gasteiger partial charge on any atom is 0.307 e. The molecule has 1 aliphatic carbocycles. The molecule has 0 atom stereocenters. The number of aliphatic carboxylic acids is 1. The largest absolute Gasteiger partial charge is 0.481 e. The molecule has 74 valence electrons. The van der Waals surface area contributed by atoms with Gasteiger partial charge in [-0.3, -0.25) is 4.79 Å². The average molecular weight is 193 g/mol. The third-order valence-electron chi connectivity index (χ3n) is 2.22. The zero-order chi connectivity index (χ0) is 10.1. The van der Waals surface area contributed by atoms with Crippen LogP contribution in [0.2, 0.25) is 0 Å². The Bertz CT molecular complexity index is 374. The van der Waals surface area contributed by atoms with Crippen LogP contribution in [0.3, 0.4) is 0 Å². The summed E-state index contributed by atoms with van der Waals surface area (Å²) >= 11 is 0. The SMILES string of the molecule is Nc1ncc(CC(=O)O)c(C2CC2)n1. The number of nitrogens with zero attached hydrogens (tertiary/aromatic N) is 2.